The van der Waals surface area contributed by atoms with Gasteiger partial charge in [0.05, 0.1) is 0 Å². The fraction of sp³-hybridized carbons (Fsp3) is 0.0938. The number of anilines is 6. The average Bonchev–Trinajstić information content (AvgIpc) is 3.72. The smallest absolute Gasteiger partial charge is 0.0468 e. The van der Waals surface area contributed by atoms with Crippen LogP contribution in [0.1, 0.15) is 61.1 Å². The van der Waals surface area contributed by atoms with Crippen LogP contribution in [-0.4, -0.2) is 0 Å². The number of rotatable bonds is 8. The summed E-state index contributed by atoms with van der Waals surface area (Å²) in [6, 6.07) is 80.4. The monoisotopic (exact) mass is 846 g/mol. The van der Waals surface area contributed by atoms with Gasteiger partial charge in [0.25, 0.3) is 0 Å². The Kier molecular flexibility index (Phi) is 9.22. The lowest BCUT2D eigenvalue weighted by Crippen LogP contribution is -2.16. The molecule has 0 atom stereocenters. The van der Waals surface area contributed by atoms with E-state index in [-0.39, 0.29) is 10.8 Å². The highest BCUT2D eigenvalue weighted by molar-refractivity contribution is 5.94. The SMILES string of the molecule is CC1(C)c2cc(C=Cc3ccc4c(c3)C(C)(C)c3cc(N(c5ccc6ccccc6c5)c5ccc6ccccc6c5)ccc3-4)ccc2-c2ccc(N(c3ccccc3)c3ccccc3)cc21. The van der Waals surface area contributed by atoms with Crippen molar-refractivity contribution in [1.29, 1.82) is 0 Å². The Morgan fingerprint density at radius 3 is 1.02 bits per heavy atom. The highest BCUT2D eigenvalue weighted by Gasteiger charge is 2.37. The van der Waals surface area contributed by atoms with Crippen molar-refractivity contribution in [2.45, 2.75) is 38.5 Å². The topological polar surface area (TPSA) is 6.48 Å². The minimum atomic E-state index is -0.193. The molecule has 316 valence electrons. The van der Waals surface area contributed by atoms with E-state index in [1.54, 1.807) is 0 Å². The lowest BCUT2D eigenvalue weighted by atomic mass is 9.81. The van der Waals surface area contributed by atoms with E-state index in [1.807, 2.05) is 0 Å². The van der Waals surface area contributed by atoms with Gasteiger partial charge in [-0.1, -0.05) is 185 Å². The minimum absolute atomic E-state index is 0.163. The van der Waals surface area contributed by atoms with Gasteiger partial charge >= 0.3 is 0 Å². The Hall–Kier alpha value is -7.94. The second-order valence-electron chi connectivity index (χ2n) is 19.1. The normalized spacial score (nSPS) is 13.9. The van der Waals surface area contributed by atoms with Gasteiger partial charge in [-0.15, -0.1) is 0 Å². The van der Waals surface area contributed by atoms with E-state index < -0.39 is 0 Å². The van der Waals surface area contributed by atoms with Crippen LogP contribution in [0.15, 0.2) is 218 Å². The van der Waals surface area contributed by atoms with Gasteiger partial charge in [-0.2, -0.15) is 0 Å². The third-order valence-electron chi connectivity index (χ3n) is 14.4. The van der Waals surface area contributed by atoms with E-state index in [2.05, 4.69) is 268 Å². The highest BCUT2D eigenvalue weighted by Crippen LogP contribution is 2.53. The molecule has 10 aromatic rings. The second kappa shape index (κ2) is 15.4. The molecule has 66 heavy (non-hydrogen) atoms. The molecule has 0 heterocycles. The molecule has 0 unspecified atom stereocenters. The Morgan fingerprint density at radius 1 is 0.273 bits per heavy atom. The molecule has 0 saturated heterocycles. The van der Waals surface area contributed by atoms with E-state index in [0.717, 1.165) is 34.1 Å². The molecule has 0 spiro atoms. The lowest BCUT2D eigenvalue weighted by Gasteiger charge is -2.28. The summed E-state index contributed by atoms with van der Waals surface area (Å²) in [4.78, 5) is 4.78. The van der Waals surface area contributed by atoms with Crippen LogP contribution in [0.25, 0.3) is 56.0 Å². The first-order valence-corrected chi connectivity index (χ1v) is 23.2. The first-order chi connectivity index (χ1) is 32.2. The van der Waals surface area contributed by atoms with E-state index in [9.17, 15) is 0 Å². The van der Waals surface area contributed by atoms with Crippen LogP contribution in [0.5, 0.6) is 0 Å². The number of fused-ring (bicyclic) bond motifs is 8. The van der Waals surface area contributed by atoms with Gasteiger partial charge in [-0.05, 0) is 150 Å². The quantitative estimate of drug-likeness (QED) is 0.141. The molecular weight excluding hydrogens is 797 g/mol. The number of hydrogen-bond donors (Lipinski definition) is 0. The Balaban J connectivity index is 0.852. The zero-order valence-electron chi connectivity index (χ0n) is 37.8. The van der Waals surface area contributed by atoms with E-state index in [0.29, 0.717) is 0 Å². The van der Waals surface area contributed by atoms with Gasteiger partial charge in [-0.3, -0.25) is 0 Å². The summed E-state index contributed by atoms with van der Waals surface area (Å²) in [5.41, 5.74) is 19.7. The maximum absolute atomic E-state index is 2.43. The standard InChI is InChI=1S/C64H50N2/c1-63(2)59-37-43(25-33-55(59)57-35-31-53(41-61(57)63)65(49-19-7-5-8-20-49)50-21-9-6-10-22-50)23-24-44-26-34-56-58-36-32-54(42-62(58)64(3,4)60(56)38-44)66(51-29-27-45-15-11-13-17-47(45)39-51)52-30-28-46-16-12-14-18-48(46)40-52/h5-42H,1-4H3. The van der Waals surface area contributed by atoms with Crippen LogP contribution in [-0.2, 0) is 10.8 Å². The van der Waals surface area contributed by atoms with Crippen LogP contribution in [0.4, 0.5) is 34.1 Å². The van der Waals surface area contributed by atoms with Gasteiger partial charge in [0.2, 0.25) is 0 Å². The van der Waals surface area contributed by atoms with Crippen molar-refractivity contribution in [1.82, 2.24) is 0 Å². The van der Waals surface area contributed by atoms with Crippen LogP contribution in [0, 0.1) is 0 Å². The molecular formula is C64H50N2. The van der Waals surface area contributed by atoms with Crippen molar-refractivity contribution >= 4 is 67.8 Å². The molecule has 0 aliphatic heterocycles. The van der Waals surface area contributed by atoms with Crippen molar-refractivity contribution in [2.24, 2.45) is 0 Å². The first-order valence-electron chi connectivity index (χ1n) is 23.2. The maximum atomic E-state index is 2.43. The van der Waals surface area contributed by atoms with Gasteiger partial charge in [-0.25, -0.2) is 0 Å². The van der Waals surface area contributed by atoms with Crippen LogP contribution >= 0.6 is 0 Å². The van der Waals surface area contributed by atoms with Crippen molar-refractivity contribution < 1.29 is 0 Å². The third kappa shape index (κ3) is 6.55. The first kappa shape index (κ1) is 39.6. The van der Waals surface area contributed by atoms with Crippen molar-refractivity contribution in [3.8, 4) is 22.3 Å². The number of hydrogen-bond acceptors (Lipinski definition) is 2. The highest BCUT2D eigenvalue weighted by atomic mass is 15.1. The van der Waals surface area contributed by atoms with E-state index >= 15 is 0 Å². The van der Waals surface area contributed by atoms with Gasteiger partial charge in [0.1, 0.15) is 0 Å². The predicted octanol–water partition coefficient (Wildman–Crippen LogP) is 17.7. The molecule has 2 heteroatoms. The molecule has 12 rings (SSSR count). The summed E-state index contributed by atoms with van der Waals surface area (Å²) in [7, 11) is 0. The minimum Gasteiger partial charge on any atom is -0.310 e. The zero-order valence-corrected chi connectivity index (χ0v) is 37.8. The van der Waals surface area contributed by atoms with Crippen molar-refractivity contribution in [2.75, 3.05) is 9.80 Å². The summed E-state index contributed by atoms with van der Waals surface area (Å²) in [6.45, 7) is 9.52. The summed E-state index contributed by atoms with van der Waals surface area (Å²) >= 11 is 0. The molecule has 0 amide bonds. The molecule has 2 aliphatic carbocycles. The molecule has 0 radical (unpaired) electrons. The molecule has 2 nitrogen and oxygen atoms in total. The second-order valence-corrected chi connectivity index (χ2v) is 19.1. The van der Waals surface area contributed by atoms with Gasteiger partial charge in [0, 0.05) is 45.0 Å². The van der Waals surface area contributed by atoms with Crippen LogP contribution in [0.3, 0.4) is 0 Å². The molecule has 10 aromatic carbocycles. The van der Waals surface area contributed by atoms with Crippen molar-refractivity contribution in [3.05, 3.63) is 252 Å². The molecule has 0 saturated carbocycles. The summed E-state index contributed by atoms with van der Waals surface area (Å²) in [5, 5.41) is 4.94. The molecule has 0 bridgehead atoms. The molecule has 2 aliphatic rings. The fourth-order valence-corrected chi connectivity index (χ4v) is 10.8. The fourth-order valence-electron chi connectivity index (χ4n) is 10.8. The molecule has 0 N–H and O–H groups in total. The van der Waals surface area contributed by atoms with Crippen LogP contribution in [0.2, 0.25) is 0 Å². The van der Waals surface area contributed by atoms with Gasteiger partial charge < -0.3 is 9.80 Å². The van der Waals surface area contributed by atoms with Crippen LogP contribution < -0.4 is 9.80 Å². The maximum Gasteiger partial charge on any atom is 0.0468 e. The number of benzene rings is 10. The third-order valence-corrected chi connectivity index (χ3v) is 14.4. The largest absolute Gasteiger partial charge is 0.310 e. The molecule has 0 aromatic heterocycles. The van der Waals surface area contributed by atoms with Gasteiger partial charge in [0.15, 0.2) is 0 Å². The summed E-state index contributed by atoms with van der Waals surface area (Å²) in [6.07, 6.45) is 4.58. The number of para-hydroxylation sites is 2. The average molecular weight is 847 g/mol. The predicted molar refractivity (Wildman–Crippen MR) is 281 cm³/mol. The lowest BCUT2D eigenvalue weighted by molar-refractivity contribution is 0.660. The van der Waals surface area contributed by atoms with Crippen molar-refractivity contribution in [3.63, 3.8) is 0 Å². The Morgan fingerprint density at radius 2 is 0.591 bits per heavy atom. The van der Waals surface area contributed by atoms with E-state index in [1.165, 1.54) is 77.2 Å². The van der Waals surface area contributed by atoms with E-state index in [4.69, 9.17) is 0 Å². The summed E-state index contributed by atoms with van der Waals surface area (Å²) in [5.74, 6) is 0. The summed E-state index contributed by atoms with van der Waals surface area (Å²) < 4.78 is 0. The number of nitrogens with zero attached hydrogens (tertiary/aromatic N) is 2. The molecule has 0 fully saturated rings. The Bertz CT molecular complexity index is 3420. The zero-order chi connectivity index (χ0) is 44.6. The Labute approximate surface area is 388 Å².